The molecule has 1 fully saturated rings. The summed E-state index contributed by atoms with van der Waals surface area (Å²) in [6, 6.07) is 16.4. The summed E-state index contributed by atoms with van der Waals surface area (Å²) >= 11 is 0. The lowest BCUT2D eigenvalue weighted by Gasteiger charge is -2.14. The van der Waals surface area contributed by atoms with E-state index in [9.17, 15) is 14.4 Å². The van der Waals surface area contributed by atoms with Crippen LogP contribution in [0.1, 0.15) is 62.0 Å². The molecule has 0 aliphatic heterocycles. The Morgan fingerprint density at radius 2 is 1.54 bits per heavy atom. The molecule has 1 atom stereocenters. The summed E-state index contributed by atoms with van der Waals surface area (Å²) in [5, 5.41) is 11.9. The van der Waals surface area contributed by atoms with E-state index in [1.165, 1.54) is 22.3 Å². The number of benzene rings is 2. The average Bonchev–Trinajstić information content (AvgIpc) is 3.64. The molecule has 186 valence electrons. The fourth-order valence-electron chi connectivity index (χ4n) is 4.53. The standard InChI is InChI=1S/C27H32N2O6/c30-24(29-35-25(26(31)32)18-14-15-18)13-3-1-2-8-16-28-27(33)34-17-23-21-11-6-4-9-19(21)20-10-5-7-12-22(20)23/h4-7,9-12,18,23,25H,1-3,8,13-17H2,(H,28,33)(H,29,30)(H,31,32). The van der Waals surface area contributed by atoms with Crippen LogP contribution in [-0.4, -0.2) is 42.3 Å². The van der Waals surface area contributed by atoms with Crippen molar-refractivity contribution in [2.45, 2.75) is 57.0 Å². The fraction of sp³-hybridized carbons (Fsp3) is 0.444. The number of hydroxylamine groups is 1. The lowest BCUT2D eigenvalue weighted by molar-refractivity contribution is -0.162. The number of rotatable bonds is 13. The van der Waals surface area contributed by atoms with Crippen LogP contribution in [-0.2, 0) is 19.2 Å². The normalized spacial score (nSPS) is 15.1. The van der Waals surface area contributed by atoms with Gasteiger partial charge in [0.15, 0.2) is 6.10 Å². The van der Waals surface area contributed by atoms with Gasteiger partial charge < -0.3 is 15.2 Å². The highest BCUT2D eigenvalue weighted by molar-refractivity contribution is 5.79. The Morgan fingerprint density at radius 1 is 0.914 bits per heavy atom. The van der Waals surface area contributed by atoms with Crippen LogP contribution < -0.4 is 10.8 Å². The molecule has 3 N–H and O–H groups in total. The van der Waals surface area contributed by atoms with Crippen molar-refractivity contribution in [3.05, 3.63) is 59.7 Å². The first-order valence-corrected chi connectivity index (χ1v) is 12.3. The van der Waals surface area contributed by atoms with Crippen LogP contribution in [0.4, 0.5) is 4.79 Å². The van der Waals surface area contributed by atoms with Gasteiger partial charge in [-0.3, -0.25) is 9.63 Å². The largest absolute Gasteiger partial charge is 0.479 e. The molecule has 2 aliphatic rings. The Morgan fingerprint density at radius 3 is 2.17 bits per heavy atom. The molecular formula is C27H32N2O6. The highest BCUT2D eigenvalue weighted by atomic mass is 16.7. The van der Waals surface area contributed by atoms with E-state index < -0.39 is 18.2 Å². The molecule has 0 bridgehead atoms. The average molecular weight is 481 g/mol. The number of ether oxygens (including phenoxy) is 1. The van der Waals surface area contributed by atoms with Gasteiger partial charge in [-0.25, -0.2) is 15.1 Å². The number of carbonyl (C=O) groups excluding carboxylic acids is 2. The third kappa shape index (κ3) is 6.60. The summed E-state index contributed by atoms with van der Waals surface area (Å²) in [5.41, 5.74) is 7.02. The van der Waals surface area contributed by atoms with Crippen LogP contribution in [0.2, 0.25) is 0 Å². The quantitative estimate of drug-likeness (QED) is 0.289. The number of hydrogen-bond acceptors (Lipinski definition) is 5. The molecule has 4 rings (SSSR count). The number of fused-ring (bicyclic) bond motifs is 3. The Balaban J connectivity index is 1.07. The molecule has 1 unspecified atom stereocenters. The number of alkyl carbamates (subject to hydrolysis) is 1. The first kappa shape index (κ1) is 24.7. The number of carboxylic acid groups (broad SMARTS) is 1. The van der Waals surface area contributed by atoms with Gasteiger partial charge in [-0.2, -0.15) is 0 Å². The topological polar surface area (TPSA) is 114 Å². The molecule has 0 spiro atoms. The third-order valence-electron chi connectivity index (χ3n) is 6.54. The molecule has 2 aromatic rings. The van der Waals surface area contributed by atoms with Crippen molar-refractivity contribution in [3.8, 4) is 11.1 Å². The van der Waals surface area contributed by atoms with Crippen molar-refractivity contribution in [2.24, 2.45) is 5.92 Å². The van der Waals surface area contributed by atoms with E-state index in [2.05, 4.69) is 35.1 Å². The summed E-state index contributed by atoms with van der Waals surface area (Å²) in [4.78, 5) is 40.2. The number of amides is 2. The van der Waals surface area contributed by atoms with E-state index in [0.29, 0.717) is 19.6 Å². The Bertz CT molecular complexity index is 1010. The minimum Gasteiger partial charge on any atom is -0.479 e. The highest BCUT2D eigenvalue weighted by Crippen LogP contribution is 2.44. The number of aliphatic carboxylic acids is 1. The second-order valence-corrected chi connectivity index (χ2v) is 9.16. The van der Waals surface area contributed by atoms with Crippen LogP contribution >= 0.6 is 0 Å². The molecule has 8 heteroatoms. The van der Waals surface area contributed by atoms with Gasteiger partial charge in [-0.1, -0.05) is 61.4 Å². The van der Waals surface area contributed by atoms with Gasteiger partial charge in [0.25, 0.3) is 0 Å². The van der Waals surface area contributed by atoms with Crippen molar-refractivity contribution in [1.29, 1.82) is 0 Å². The predicted molar refractivity (Wildman–Crippen MR) is 130 cm³/mol. The van der Waals surface area contributed by atoms with Gasteiger partial charge in [0.05, 0.1) is 0 Å². The van der Waals surface area contributed by atoms with Crippen molar-refractivity contribution in [3.63, 3.8) is 0 Å². The van der Waals surface area contributed by atoms with Gasteiger partial charge in [0, 0.05) is 18.9 Å². The number of carboxylic acids is 1. The zero-order valence-corrected chi connectivity index (χ0v) is 19.7. The summed E-state index contributed by atoms with van der Waals surface area (Å²) < 4.78 is 5.52. The van der Waals surface area contributed by atoms with Gasteiger partial charge in [-0.05, 0) is 53.9 Å². The SMILES string of the molecule is O=C(CCCCCCNC(=O)OCC1c2ccccc2-c2ccccc21)NOC(C(=O)O)C1CC1. The molecule has 2 aromatic carbocycles. The third-order valence-corrected chi connectivity index (χ3v) is 6.54. The summed E-state index contributed by atoms with van der Waals surface area (Å²) in [5.74, 6) is -1.32. The fourth-order valence-corrected chi connectivity index (χ4v) is 4.53. The number of carbonyl (C=O) groups is 3. The zero-order valence-electron chi connectivity index (χ0n) is 19.7. The molecular weight excluding hydrogens is 448 g/mol. The van der Waals surface area contributed by atoms with Gasteiger partial charge >= 0.3 is 12.1 Å². The minimum atomic E-state index is -1.04. The zero-order chi connectivity index (χ0) is 24.6. The van der Waals surface area contributed by atoms with Gasteiger partial charge in [-0.15, -0.1) is 0 Å². The molecule has 0 radical (unpaired) electrons. The van der Waals surface area contributed by atoms with Crippen LogP contribution in [0.3, 0.4) is 0 Å². The van der Waals surface area contributed by atoms with Crippen molar-refractivity contribution >= 4 is 18.0 Å². The van der Waals surface area contributed by atoms with Gasteiger partial charge in [0.2, 0.25) is 5.91 Å². The molecule has 0 saturated heterocycles. The monoisotopic (exact) mass is 480 g/mol. The highest BCUT2D eigenvalue weighted by Gasteiger charge is 2.38. The van der Waals surface area contributed by atoms with E-state index in [1.807, 2.05) is 24.3 Å². The summed E-state index contributed by atoms with van der Waals surface area (Å²) in [6.45, 7) is 0.800. The summed E-state index contributed by atoms with van der Waals surface area (Å²) in [7, 11) is 0. The Labute approximate surface area is 205 Å². The molecule has 1 saturated carbocycles. The lowest BCUT2D eigenvalue weighted by atomic mass is 9.98. The second-order valence-electron chi connectivity index (χ2n) is 9.16. The number of nitrogens with one attached hydrogen (secondary N) is 2. The molecule has 0 aromatic heterocycles. The number of unbranched alkanes of at least 4 members (excludes halogenated alkanes) is 3. The van der Waals surface area contributed by atoms with E-state index >= 15 is 0 Å². The van der Waals surface area contributed by atoms with Crippen molar-refractivity contribution in [2.75, 3.05) is 13.2 Å². The Kier molecular flexibility index (Phi) is 8.36. The molecule has 0 heterocycles. The molecule has 2 amide bonds. The van der Waals surface area contributed by atoms with Crippen LogP contribution in [0.25, 0.3) is 11.1 Å². The smallest absolute Gasteiger partial charge is 0.407 e. The maximum absolute atomic E-state index is 12.2. The summed E-state index contributed by atoms with van der Waals surface area (Å²) in [6.07, 6.45) is 3.66. The van der Waals surface area contributed by atoms with Crippen molar-refractivity contribution < 1.29 is 29.1 Å². The molecule has 2 aliphatic carbocycles. The molecule has 35 heavy (non-hydrogen) atoms. The van der Waals surface area contributed by atoms with E-state index in [4.69, 9.17) is 14.7 Å². The first-order valence-electron chi connectivity index (χ1n) is 12.3. The van der Waals surface area contributed by atoms with E-state index in [0.717, 1.165) is 32.1 Å². The number of hydrogen-bond donors (Lipinski definition) is 3. The van der Waals surface area contributed by atoms with E-state index in [-0.39, 0.29) is 24.2 Å². The maximum atomic E-state index is 12.2. The predicted octanol–water partition coefficient (Wildman–Crippen LogP) is 4.39. The van der Waals surface area contributed by atoms with Gasteiger partial charge in [0.1, 0.15) is 6.61 Å². The second kappa shape index (κ2) is 11.8. The lowest BCUT2D eigenvalue weighted by Crippen LogP contribution is -2.35. The van der Waals surface area contributed by atoms with Crippen molar-refractivity contribution in [1.82, 2.24) is 10.8 Å². The van der Waals surface area contributed by atoms with Crippen LogP contribution in [0.5, 0.6) is 0 Å². The van der Waals surface area contributed by atoms with E-state index in [1.54, 1.807) is 0 Å². The maximum Gasteiger partial charge on any atom is 0.407 e. The van der Waals surface area contributed by atoms with Crippen LogP contribution in [0, 0.1) is 5.92 Å². The Hall–Kier alpha value is -3.39. The molecule has 8 nitrogen and oxygen atoms in total. The first-order chi connectivity index (χ1) is 17.0. The van der Waals surface area contributed by atoms with Crippen LogP contribution in [0.15, 0.2) is 48.5 Å². The minimum absolute atomic E-state index is 0.00299.